The minimum Gasteiger partial charge on any atom is -0.493 e. The highest BCUT2D eigenvalue weighted by molar-refractivity contribution is 5.82. The van der Waals surface area contributed by atoms with Crippen LogP contribution in [0.15, 0.2) is 18.2 Å². The van der Waals surface area contributed by atoms with Crippen molar-refractivity contribution in [2.24, 2.45) is 11.8 Å². The summed E-state index contributed by atoms with van der Waals surface area (Å²) in [5.41, 5.74) is 1.04. The molecule has 1 aromatic carbocycles. The average Bonchev–Trinajstić information content (AvgIpc) is 2.63. The molecule has 1 aromatic rings. The molecular weight excluding hydrogens is 362 g/mol. The van der Waals surface area contributed by atoms with Gasteiger partial charge in [-0.25, -0.2) is 4.79 Å². The Morgan fingerprint density at radius 2 is 1.86 bits per heavy atom. The fraction of sp³-hybridized carbons (Fsp3) is 0.619. The normalized spacial score (nSPS) is 13.1. The van der Waals surface area contributed by atoms with Crippen LogP contribution in [0.4, 0.5) is 0 Å². The molecule has 1 amide bonds. The van der Waals surface area contributed by atoms with Gasteiger partial charge in [-0.2, -0.15) is 0 Å². The fourth-order valence-corrected chi connectivity index (χ4v) is 3.01. The number of methoxy groups -OCH3 is 2. The second kappa shape index (κ2) is 12.2. The van der Waals surface area contributed by atoms with Crippen LogP contribution in [0.2, 0.25) is 0 Å². The summed E-state index contributed by atoms with van der Waals surface area (Å²) < 4.78 is 16.2. The van der Waals surface area contributed by atoms with Crippen LogP contribution in [-0.4, -0.2) is 50.5 Å². The van der Waals surface area contributed by atoms with E-state index in [1.54, 1.807) is 14.2 Å². The fourth-order valence-electron chi connectivity index (χ4n) is 3.01. The Balaban J connectivity index is 2.90. The van der Waals surface area contributed by atoms with Crippen LogP contribution in [0.3, 0.4) is 0 Å². The van der Waals surface area contributed by atoms with Gasteiger partial charge in [-0.1, -0.05) is 19.9 Å². The van der Waals surface area contributed by atoms with Crippen LogP contribution < -0.4 is 14.8 Å². The molecule has 158 valence electrons. The number of nitrogens with one attached hydrogen (secondary N) is 1. The van der Waals surface area contributed by atoms with E-state index >= 15 is 0 Å². The first-order chi connectivity index (χ1) is 13.3. The lowest BCUT2D eigenvalue weighted by Gasteiger charge is -2.25. The van der Waals surface area contributed by atoms with Gasteiger partial charge in [0.05, 0.1) is 13.7 Å². The molecule has 28 heavy (non-hydrogen) atoms. The molecular formula is C21H33NO6. The van der Waals surface area contributed by atoms with Gasteiger partial charge in [0.25, 0.3) is 0 Å². The zero-order chi connectivity index (χ0) is 21.1. The topological polar surface area (TPSA) is 94.1 Å². The van der Waals surface area contributed by atoms with Crippen molar-refractivity contribution < 1.29 is 28.9 Å². The predicted octanol–water partition coefficient (Wildman–Crippen LogP) is 2.90. The van der Waals surface area contributed by atoms with Crippen LogP contribution in [-0.2, 0) is 20.7 Å². The maximum Gasteiger partial charge on any atom is 0.326 e. The van der Waals surface area contributed by atoms with Crippen LogP contribution in [0.1, 0.15) is 39.2 Å². The Hall–Kier alpha value is -2.28. The zero-order valence-electron chi connectivity index (χ0n) is 17.5. The molecule has 0 saturated heterocycles. The summed E-state index contributed by atoms with van der Waals surface area (Å²) in [6.07, 6.45) is 1.82. The molecule has 0 radical (unpaired) electrons. The molecule has 0 aliphatic rings. The number of carboxylic acids is 1. The van der Waals surface area contributed by atoms with Crippen molar-refractivity contribution in [1.82, 2.24) is 5.32 Å². The lowest BCUT2D eigenvalue weighted by Crippen LogP contribution is -2.41. The Labute approximate surface area is 167 Å². The van der Waals surface area contributed by atoms with Gasteiger partial charge in [-0.15, -0.1) is 0 Å². The largest absolute Gasteiger partial charge is 0.493 e. The maximum atomic E-state index is 11.5. The number of ether oxygens (including phenoxy) is 3. The van der Waals surface area contributed by atoms with Gasteiger partial charge in [0.15, 0.2) is 11.5 Å². The summed E-state index contributed by atoms with van der Waals surface area (Å²) in [4.78, 5) is 22.8. The molecule has 0 aromatic heterocycles. The van der Waals surface area contributed by atoms with Gasteiger partial charge < -0.3 is 24.6 Å². The molecule has 1 rings (SSSR count). The maximum absolute atomic E-state index is 11.5. The summed E-state index contributed by atoms with van der Waals surface area (Å²) in [5, 5.41) is 11.9. The van der Waals surface area contributed by atoms with Crippen molar-refractivity contribution in [2.75, 3.05) is 27.4 Å². The molecule has 2 N–H and O–H groups in total. The summed E-state index contributed by atoms with van der Waals surface area (Å²) in [5.74, 6) is 0.300. The number of rotatable bonds is 13. The Bertz CT molecular complexity index is 631. The molecule has 0 bridgehead atoms. The standard InChI is InChI=1S/C21H33NO6/c1-14(2)17(13-18(21(24)25)22-15(3)23)11-16-7-8-19(27-5)20(12-16)28-10-6-9-26-4/h7-8,12,14,17-18H,6,9-11,13H2,1-5H3,(H,22,23)(H,24,25)/t17-,18-/m0/s1. The van der Waals surface area contributed by atoms with E-state index in [0.29, 0.717) is 37.6 Å². The van der Waals surface area contributed by atoms with E-state index in [2.05, 4.69) is 19.2 Å². The molecule has 7 nitrogen and oxygen atoms in total. The monoisotopic (exact) mass is 395 g/mol. The average molecular weight is 395 g/mol. The Morgan fingerprint density at radius 3 is 2.39 bits per heavy atom. The minimum absolute atomic E-state index is 0.0858. The van der Waals surface area contributed by atoms with E-state index in [1.165, 1.54) is 6.92 Å². The second-order valence-corrected chi connectivity index (χ2v) is 7.22. The van der Waals surface area contributed by atoms with E-state index in [1.807, 2.05) is 18.2 Å². The van der Waals surface area contributed by atoms with Crippen molar-refractivity contribution in [3.63, 3.8) is 0 Å². The van der Waals surface area contributed by atoms with Gasteiger partial charge >= 0.3 is 5.97 Å². The van der Waals surface area contributed by atoms with Crippen LogP contribution in [0.5, 0.6) is 11.5 Å². The third-order valence-electron chi connectivity index (χ3n) is 4.63. The lowest BCUT2D eigenvalue weighted by atomic mass is 9.84. The molecule has 0 spiro atoms. The van der Waals surface area contributed by atoms with Crippen molar-refractivity contribution in [3.05, 3.63) is 23.8 Å². The molecule has 0 unspecified atom stereocenters. The first-order valence-electron chi connectivity index (χ1n) is 9.57. The summed E-state index contributed by atoms with van der Waals surface area (Å²) in [7, 11) is 3.25. The number of amides is 1. The van der Waals surface area contributed by atoms with E-state index < -0.39 is 12.0 Å². The summed E-state index contributed by atoms with van der Waals surface area (Å²) >= 11 is 0. The van der Waals surface area contributed by atoms with E-state index in [9.17, 15) is 14.7 Å². The van der Waals surface area contributed by atoms with Crippen molar-refractivity contribution in [2.45, 2.75) is 46.1 Å². The quantitative estimate of drug-likeness (QED) is 0.499. The van der Waals surface area contributed by atoms with Gasteiger partial charge in [0.1, 0.15) is 6.04 Å². The van der Waals surface area contributed by atoms with Crippen molar-refractivity contribution in [1.29, 1.82) is 0 Å². The van der Waals surface area contributed by atoms with Gasteiger partial charge in [-0.05, 0) is 42.4 Å². The summed E-state index contributed by atoms with van der Waals surface area (Å²) in [6.45, 7) is 6.59. The van der Waals surface area contributed by atoms with Gasteiger partial charge in [0, 0.05) is 27.1 Å². The second-order valence-electron chi connectivity index (χ2n) is 7.22. The number of carbonyl (C=O) groups excluding carboxylic acids is 1. The predicted molar refractivity (Wildman–Crippen MR) is 107 cm³/mol. The molecule has 2 atom stereocenters. The number of carboxylic acid groups (broad SMARTS) is 1. The third kappa shape index (κ3) is 8.17. The molecule has 0 heterocycles. The Kier molecular flexibility index (Phi) is 10.4. The molecule has 7 heteroatoms. The van der Waals surface area contributed by atoms with Crippen LogP contribution in [0, 0.1) is 11.8 Å². The molecule has 0 fully saturated rings. The highest BCUT2D eigenvalue weighted by Gasteiger charge is 2.25. The first-order valence-corrected chi connectivity index (χ1v) is 9.57. The number of hydrogen-bond acceptors (Lipinski definition) is 5. The van der Waals surface area contributed by atoms with Crippen LogP contribution >= 0.6 is 0 Å². The molecule has 0 saturated carbocycles. The number of benzene rings is 1. The van der Waals surface area contributed by atoms with Gasteiger partial charge in [0.2, 0.25) is 5.91 Å². The molecule has 0 aliphatic heterocycles. The van der Waals surface area contributed by atoms with Crippen molar-refractivity contribution >= 4 is 11.9 Å². The number of carbonyl (C=O) groups is 2. The van der Waals surface area contributed by atoms with E-state index in [-0.39, 0.29) is 17.7 Å². The smallest absolute Gasteiger partial charge is 0.326 e. The minimum atomic E-state index is -1.02. The summed E-state index contributed by atoms with van der Waals surface area (Å²) in [6, 6.07) is 4.87. The third-order valence-corrected chi connectivity index (χ3v) is 4.63. The highest BCUT2D eigenvalue weighted by Crippen LogP contribution is 2.31. The van der Waals surface area contributed by atoms with Crippen LogP contribution in [0.25, 0.3) is 0 Å². The Morgan fingerprint density at radius 1 is 1.14 bits per heavy atom. The highest BCUT2D eigenvalue weighted by atomic mass is 16.5. The number of hydrogen-bond donors (Lipinski definition) is 2. The number of aliphatic carboxylic acids is 1. The first kappa shape index (κ1) is 23.8. The SMILES string of the molecule is COCCCOc1cc(C[C@@H](C[C@H](NC(C)=O)C(=O)O)C(C)C)ccc1OC. The molecule has 0 aliphatic carbocycles. The van der Waals surface area contributed by atoms with E-state index in [4.69, 9.17) is 14.2 Å². The van der Waals surface area contributed by atoms with E-state index in [0.717, 1.165) is 12.0 Å². The van der Waals surface area contributed by atoms with Crippen molar-refractivity contribution in [3.8, 4) is 11.5 Å². The zero-order valence-corrected chi connectivity index (χ0v) is 17.5. The van der Waals surface area contributed by atoms with Gasteiger partial charge in [-0.3, -0.25) is 4.79 Å². The lowest BCUT2D eigenvalue weighted by molar-refractivity contribution is -0.142.